The Morgan fingerprint density at radius 3 is 2.14 bits per heavy atom. The van der Waals surface area contributed by atoms with Gasteiger partial charge in [-0.2, -0.15) is 10.4 Å². The molecule has 8 nitrogen and oxygen atoms in total. The lowest BCUT2D eigenvalue weighted by Gasteiger charge is -2.20. The molecule has 0 aliphatic carbocycles. The lowest BCUT2D eigenvalue weighted by Crippen LogP contribution is -2.21. The first-order chi connectivity index (χ1) is 13.0. The molecule has 28 heavy (non-hydrogen) atoms. The van der Waals surface area contributed by atoms with Gasteiger partial charge in [0.1, 0.15) is 11.6 Å². The van der Waals surface area contributed by atoms with Gasteiger partial charge in [-0.25, -0.2) is 8.42 Å². The van der Waals surface area contributed by atoms with Crippen molar-refractivity contribution in [3.05, 3.63) is 35.5 Å². The number of hydrogen-bond donors (Lipinski definition) is 0. The minimum Gasteiger partial charge on any atom is -0.372 e. The summed E-state index contributed by atoms with van der Waals surface area (Å²) in [6.07, 6.45) is 1.02. The third-order valence-corrected chi connectivity index (χ3v) is 5.09. The monoisotopic (exact) mass is 402 g/mol. The summed E-state index contributed by atoms with van der Waals surface area (Å²) in [5.74, 6) is -0.0808. The molecular weight excluding hydrogens is 376 g/mol. The molecule has 0 bridgehead atoms. The number of benzene rings is 1. The molecule has 0 saturated carbocycles. The van der Waals surface area contributed by atoms with E-state index in [0.717, 1.165) is 29.1 Å². The van der Waals surface area contributed by atoms with Gasteiger partial charge in [0.05, 0.1) is 17.6 Å². The van der Waals surface area contributed by atoms with Crippen molar-refractivity contribution < 1.29 is 8.42 Å². The van der Waals surface area contributed by atoms with Crippen molar-refractivity contribution in [3.63, 3.8) is 0 Å². The number of anilines is 1. The maximum absolute atomic E-state index is 12.1. The van der Waals surface area contributed by atoms with Crippen molar-refractivity contribution in [3.8, 4) is 6.07 Å². The summed E-state index contributed by atoms with van der Waals surface area (Å²) in [6.45, 7) is 11.5. The van der Waals surface area contributed by atoms with Gasteiger partial charge in [0.15, 0.2) is 0 Å². The van der Waals surface area contributed by atoms with E-state index in [2.05, 4.69) is 34.1 Å². The van der Waals surface area contributed by atoms with E-state index < -0.39 is 15.4 Å². The molecule has 1 aromatic carbocycles. The Kier molecular flexibility index (Phi) is 6.24. The molecule has 0 atom stereocenters. The summed E-state index contributed by atoms with van der Waals surface area (Å²) in [4.78, 5) is 2.20. The van der Waals surface area contributed by atoms with Crippen LogP contribution in [0, 0.1) is 11.3 Å². The summed E-state index contributed by atoms with van der Waals surface area (Å²) in [5, 5.41) is 21.9. The summed E-state index contributed by atoms with van der Waals surface area (Å²) in [7, 11) is -3.74. The van der Waals surface area contributed by atoms with Gasteiger partial charge in [-0.3, -0.25) is 0 Å². The standard InChI is InChI=1S/C19H26N6O2S/c1-7-24(8-2)15-11-9-14(10-12-15)21-22-18-16(13-20)17(19(3,4)5)23-25(18)28(6,26)27/h9-12H,7-8H2,1-6H3. The van der Waals surface area contributed by atoms with Gasteiger partial charge in [-0.05, 0) is 38.1 Å². The Balaban J connectivity index is 2.51. The fourth-order valence-corrected chi connectivity index (χ4v) is 3.43. The van der Waals surface area contributed by atoms with Gasteiger partial charge in [0, 0.05) is 24.2 Å². The van der Waals surface area contributed by atoms with E-state index >= 15 is 0 Å². The van der Waals surface area contributed by atoms with Gasteiger partial charge >= 0.3 is 0 Å². The van der Waals surface area contributed by atoms with Gasteiger partial charge < -0.3 is 4.90 Å². The van der Waals surface area contributed by atoms with Gasteiger partial charge in [-0.1, -0.05) is 20.8 Å². The quantitative estimate of drug-likeness (QED) is 0.676. The third kappa shape index (κ3) is 4.57. The fraction of sp³-hybridized carbons (Fsp3) is 0.474. The SMILES string of the molecule is CCN(CC)c1ccc(N=Nc2c(C#N)c(C(C)(C)C)nn2S(C)(=O)=O)cc1. The average molecular weight is 403 g/mol. The summed E-state index contributed by atoms with van der Waals surface area (Å²) in [6, 6.07) is 9.49. The van der Waals surface area contributed by atoms with E-state index in [9.17, 15) is 13.7 Å². The Hall–Kier alpha value is -2.73. The second-order valence-corrected chi connectivity index (χ2v) is 9.22. The van der Waals surface area contributed by atoms with E-state index in [1.165, 1.54) is 0 Å². The molecule has 0 aliphatic heterocycles. The van der Waals surface area contributed by atoms with Crippen LogP contribution >= 0.6 is 0 Å². The molecule has 0 N–H and O–H groups in total. The molecule has 2 aromatic rings. The maximum Gasteiger partial charge on any atom is 0.252 e. The van der Waals surface area contributed by atoms with Crippen molar-refractivity contribution >= 4 is 27.2 Å². The predicted octanol–water partition coefficient (Wildman–Crippen LogP) is 4.12. The highest BCUT2D eigenvalue weighted by atomic mass is 32.2. The Morgan fingerprint density at radius 2 is 1.71 bits per heavy atom. The molecular formula is C19H26N6O2S. The molecule has 1 aromatic heterocycles. The lowest BCUT2D eigenvalue weighted by molar-refractivity contribution is 0.553. The molecule has 2 rings (SSSR count). The van der Waals surface area contributed by atoms with Crippen molar-refractivity contribution in [2.24, 2.45) is 10.2 Å². The molecule has 1 heterocycles. The first-order valence-corrected chi connectivity index (χ1v) is 10.9. The molecule has 0 saturated heterocycles. The Labute approximate surface area is 166 Å². The van der Waals surface area contributed by atoms with Gasteiger partial charge in [0.25, 0.3) is 10.0 Å². The minimum absolute atomic E-state index is 0.0808. The number of aromatic nitrogens is 2. The van der Waals surface area contributed by atoms with Crippen molar-refractivity contribution in [1.29, 1.82) is 5.26 Å². The van der Waals surface area contributed by atoms with Crippen LogP contribution in [0.25, 0.3) is 0 Å². The highest BCUT2D eigenvalue weighted by Gasteiger charge is 2.30. The number of nitrogens with zero attached hydrogens (tertiary/aromatic N) is 6. The second-order valence-electron chi connectivity index (χ2n) is 7.40. The first-order valence-electron chi connectivity index (χ1n) is 9.03. The maximum atomic E-state index is 12.1. The van der Waals surface area contributed by atoms with Crippen LogP contribution in [0.5, 0.6) is 0 Å². The fourth-order valence-electron chi connectivity index (χ4n) is 2.76. The highest BCUT2D eigenvalue weighted by Crippen LogP contribution is 2.33. The van der Waals surface area contributed by atoms with Crippen molar-refractivity contribution in [2.45, 2.75) is 40.0 Å². The van der Waals surface area contributed by atoms with E-state index in [-0.39, 0.29) is 11.4 Å². The molecule has 9 heteroatoms. The van der Waals surface area contributed by atoms with Crippen LogP contribution < -0.4 is 4.90 Å². The Bertz CT molecular complexity index is 1000. The van der Waals surface area contributed by atoms with Crippen LogP contribution in [0.15, 0.2) is 34.5 Å². The van der Waals surface area contributed by atoms with Crippen LogP contribution in [-0.2, 0) is 15.4 Å². The second kappa shape index (κ2) is 8.10. The largest absolute Gasteiger partial charge is 0.372 e. The molecule has 0 amide bonds. The molecule has 0 aliphatic rings. The van der Waals surface area contributed by atoms with Crippen LogP contribution in [0.4, 0.5) is 17.2 Å². The highest BCUT2D eigenvalue weighted by molar-refractivity contribution is 7.89. The summed E-state index contributed by atoms with van der Waals surface area (Å²) in [5.41, 5.74) is 1.58. The van der Waals surface area contributed by atoms with Crippen LogP contribution in [-0.4, -0.2) is 36.9 Å². The number of rotatable bonds is 6. The van der Waals surface area contributed by atoms with Crippen molar-refractivity contribution in [1.82, 2.24) is 9.19 Å². The van der Waals surface area contributed by atoms with E-state index in [1.54, 1.807) is 12.1 Å². The van der Waals surface area contributed by atoms with Crippen molar-refractivity contribution in [2.75, 3.05) is 24.2 Å². The van der Waals surface area contributed by atoms with Crippen LogP contribution in [0.3, 0.4) is 0 Å². The summed E-state index contributed by atoms with van der Waals surface area (Å²) < 4.78 is 25.1. The number of azo groups is 1. The number of nitriles is 1. The zero-order chi connectivity index (χ0) is 21.1. The van der Waals surface area contributed by atoms with Crippen LogP contribution in [0.2, 0.25) is 0 Å². The Morgan fingerprint density at radius 1 is 1.14 bits per heavy atom. The van der Waals surface area contributed by atoms with E-state index in [4.69, 9.17) is 0 Å². The topological polar surface area (TPSA) is 104 Å². The predicted molar refractivity (Wildman–Crippen MR) is 110 cm³/mol. The van der Waals surface area contributed by atoms with E-state index in [1.807, 2.05) is 39.0 Å². The molecule has 0 fully saturated rings. The molecule has 0 radical (unpaired) electrons. The summed E-state index contributed by atoms with van der Waals surface area (Å²) >= 11 is 0. The number of hydrogen-bond acceptors (Lipinski definition) is 7. The van der Waals surface area contributed by atoms with E-state index in [0.29, 0.717) is 11.4 Å². The smallest absolute Gasteiger partial charge is 0.252 e. The normalized spacial score (nSPS) is 12.3. The average Bonchev–Trinajstić information content (AvgIpc) is 3.01. The van der Waals surface area contributed by atoms with Gasteiger partial charge in [0.2, 0.25) is 5.82 Å². The lowest BCUT2D eigenvalue weighted by atomic mass is 9.90. The minimum atomic E-state index is -3.74. The zero-order valence-corrected chi connectivity index (χ0v) is 17.9. The molecule has 0 spiro atoms. The third-order valence-electron chi connectivity index (χ3n) is 4.21. The zero-order valence-electron chi connectivity index (χ0n) is 17.1. The molecule has 0 unspecified atom stereocenters. The molecule has 150 valence electrons. The first kappa shape index (κ1) is 21.6. The van der Waals surface area contributed by atoms with Crippen LogP contribution in [0.1, 0.15) is 45.9 Å². The van der Waals surface area contributed by atoms with Gasteiger partial charge in [-0.15, -0.1) is 14.3 Å².